The van der Waals surface area contributed by atoms with Gasteiger partial charge in [0.15, 0.2) is 0 Å². The van der Waals surface area contributed by atoms with Crippen LogP contribution in [-0.4, -0.2) is 0 Å². The molecule has 0 aromatic heterocycles. The lowest BCUT2D eigenvalue weighted by Crippen LogP contribution is -1.72. The highest BCUT2D eigenvalue weighted by atomic mass is 32.2. The van der Waals surface area contributed by atoms with Gasteiger partial charge in [0, 0.05) is 4.90 Å². The molecule has 1 aromatic carbocycles. The first-order chi connectivity index (χ1) is 7.36. The van der Waals surface area contributed by atoms with Crippen molar-refractivity contribution in [1.82, 2.24) is 0 Å². The summed E-state index contributed by atoms with van der Waals surface area (Å²) in [5, 5.41) is 10.8. The van der Waals surface area contributed by atoms with Crippen LogP contribution < -0.4 is 0 Å². The Kier molecular flexibility index (Phi) is 5.65. The van der Waals surface area contributed by atoms with Crippen molar-refractivity contribution in [2.75, 3.05) is 0 Å². The predicted molar refractivity (Wildman–Crippen MR) is 65.7 cm³/mol. The summed E-state index contributed by atoms with van der Waals surface area (Å²) in [4.78, 5) is 1.18. The second kappa shape index (κ2) is 7.14. The van der Waals surface area contributed by atoms with Crippen LogP contribution in [0.25, 0.3) is 0 Å². The fourth-order valence-electron chi connectivity index (χ4n) is 1.12. The lowest BCUT2D eigenvalue weighted by atomic mass is 10.2. The average Bonchev–Trinajstić information content (AvgIpc) is 2.30. The van der Waals surface area contributed by atoms with E-state index >= 15 is 0 Å². The number of unbranched alkanes of at least 4 members (excludes halogenated alkanes) is 2. The summed E-state index contributed by atoms with van der Waals surface area (Å²) in [6.45, 7) is 2.20. The summed E-state index contributed by atoms with van der Waals surface area (Å²) in [6.07, 6.45) is 5.85. The van der Waals surface area contributed by atoms with Crippen molar-refractivity contribution in [2.24, 2.45) is 0 Å². The van der Waals surface area contributed by atoms with E-state index in [1.807, 2.05) is 24.3 Å². The maximum Gasteiger partial charge on any atom is 0.0991 e. The highest BCUT2D eigenvalue weighted by molar-refractivity contribution is 8.02. The molecule has 0 amide bonds. The minimum atomic E-state index is 0.717. The Bertz CT molecular complexity index is 346. The molecule has 0 aliphatic heterocycles. The van der Waals surface area contributed by atoms with Gasteiger partial charge in [-0.1, -0.05) is 37.6 Å². The molecule has 15 heavy (non-hydrogen) atoms. The summed E-state index contributed by atoms with van der Waals surface area (Å²) in [5.74, 6) is 0. The first-order valence-electron chi connectivity index (χ1n) is 5.18. The zero-order chi connectivity index (χ0) is 10.9. The molecule has 1 nitrogen and oxygen atoms in total. The maximum atomic E-state index is 8.63. The highest BCUT2D eigenvalue weighted by Crippen LogP contribution is 2.19. The zero-order valence-corrected chi connectivity index (χ0v) is 9.76. The van der Waals surface area contributed by atoms with Crippen LogP contribution >= 0.6 is 11.8 Å². The quantitative estimate of drug-likeness (QED) is 0.540. The van der Waals surface area contributed by atoms with Crippen molar-refractivity contribution < 1.29 is 0 Å². The number of nitriles is 1. The van der Waals surface area contributed by atoms with E-state index in [0.717, 1.165) is 6.42 Å². The molecule has 0 spiro atoms. The fourth-order valence-corrected chi connectivity index (χ4v) is 1.81. The van der Waals surface area contributed by atoms with Crippen LogP contribution in [0.4, 0.5) is 0 Å². The summed E-state index contributed by atoms with van der Waals surface area (Å²) in [7, 11) is 0. The molecule has 0 bridgehead atoms. The van der Waals surface area contributed by atoms with Gasteiger partial charge in [-0.2, -0.15) is 5.26 Å². The Morgan fingerprint density at radius 3 is 2.67 bits per heavy atom. The molecule has 0 radical (unpaired) electrons. The van der Waals surface area contributed by atoms with Gasteiger partial charge in [0.25, 0.3) is 0 Å². The van der Waals surface area contributed by atoms with E-state index < -0.39 is 0 Å². The minimum absolute atomic E-state index is 0.717. The molecule has 1 aromatic rings. The van der Waals surface area contributed by atoms with Gasteiger partial charge >= 0.3 is 0 Å². The van der Waals surface area contributed by atoms with Crippen LogP contribution in [0.2, 0.25) is 0 Å². The largest absolute Gasteiger partial charge is 0.192 e. The summed E-state index contributed by atoms with van der Waals surface area (Å²) in [5.41, 5.74) is 0.717. The lowest BCUT2D eigenvalue weighted by molar-refractivity contribution is 0.815. The molecule has 0 aliphatic carbocycles. The van der Waals surface area contributed by atoms with E-state index in [4.69, 9.17) is 5.26 Å². The predicted octanol–water partition coefficient (Wildman–Crippen LogP) is 4.35. The number of hydrogen-bond acceptors (Lipinski definition) is 2. The van der Waals surface area contributed by atoms with Crippen LogP contribution in [0.15, 0.2) is 40.6 Å². The number of thioether (sulfide) groups is 1. The van der Waals surface area contributed by atoms with E-state index in [2.05, 4.69) is 24.5 Å². The fraction of sp³-hybridized carbons (Fsp3) is 0.308. The van der Waals surface area contributed by atoms with Crippen molar-refractivity contribution in [2.45, 2.75) is 31.1 Å². The van der Waals surface area contributed by atoms with Crippen molar-refractivity contribution in [3.8, 4) is 6.07 Å². The van der Waals surface area contributed by atoms with Crippen LogP contribution in [0.3, 0.4) is 0 Å². The van der Waals surface area contributed by atoms with Gasteiger partial charge in [-0.3, -0.25) is 0 Å². The molecule has 2 heteroatoms. The van der Waals surface area contributed by atoms with Gasteiger partial charge in [0.1, 0.15) is 0 Å². The number of benzene rings is 1. The molecule has 1 rings (SSSR count). The normalized spacial score (nSPS) is 10.4. The second-order valence-corrected chi connectivity index (χ2v) is 4.25. The van der Waals surface area contributed by atoms with Gasteiger partial charge in [0.05, 0.1) is 11.6 Å². The van der Waals surface area contributed by atoms with Gasteiger partial charge in [0.2, 0.25) is 0 Å². The van der Waals surface area contributed by atoms with E-state index in [9.17, 15) is 0 Å². The van der Waals surface area contributed by atoms with Crippen molar-refractivity contribution >= 4 is 11.8 Å². The highest BCUT2D eigenvalue weighted by Gasteiger charge is 1.91. The monoisotopic (exact) mass is 217 g/mol. The summed E-state index contributed by atoms with van der Waals surface area (Å²) < 4.78 is 0. The van der Waals surface area contributed by atoms with Crippen LogP contribution in [0.1, 0.15) is 31.7 Å². The van der Waals surface area contributed by atoms with Crippen LogP contribution in [0, 0.1) is 11.3 Å². The average molecular weight is 217 g/mol. The molecule has 78 valence electrons. The Morgan fingerprint density at radius 2 is 2.07 bits per heavy atom. The number of rotatable bonds is 5. The number of allylic oxidation sites excluding steroid dienone is 1. The smallest absolute Gasteiger partial charge is 0.0991 e. The van der Waals surface area contributed by atoms with Crippen molar-refractivity contribution in [3.05, 3.63) is 41.3 Å². The molecule has 0 saturated heterocycles. The molecular formula is C13H15NS. The van der Waals surface area contributed by atoms with Gasteiger partial charge in [-0.25, -0.2) is 0 Å². The van der Waals surface area contributed by atoms with Gasteiger partial charge in [-0.15, -0.1) is 0 Å². The third-order valence-electron chi connectivity index (χ3n) is 2.01. The molecular weight excluding hydrogens is 202 g/mol. The summed E-state index contributed by atoms with van der Waals surface area (Å²) in [6, 6.07) is 9.77. The molecule has 0 fully saturated rings. The van der Waals surface area contributed by atoms with Crippen LogP contribution in [0.5, 0.6) is 0 Å². The molecule has 0 unspecified atom stereocenters. The molecule has 0 N–H and O–H groups in total. The molecule has 0 heterocycles. The van der Waals surface area contributed by atoms with Gasteiger partial charge in [-0.05, 0) is 36.1 Å². The zero-order valence-electron chi connectivity index (χ0n) is 8.94. The first-order valence-corrected chi connectivity index (χ1v) is 6.06. The van der Waals surface area contributed by atoms with E-state index in [0.29, 0.717) is 5.56 Å². The Hall–Kier alpha value is -1.20. The Labute approximate surface area is 95.8 Å². The standard InChI is InChI=1S/C13H15NS/c1-2-3-4-5-10-15-13-8-6-12(11-14)7-9-13/h5-10H,2-4H2,1H3/b10-5+. The number of hydrogen-bond donors (Lipinski definition) is 0. The minimum Gasteiger partial charge on any atom is -0.192 e. The third kappa shape index (κ3) is 4.71. The first kappa shape index (κ1) is 11.9. The molecule has 0 saturated carbocycles. The molecule has 0 aliphatic rings. The van der Waals surface area contributed by atoms with Gasteiger partial charge < -0.3 is 0 Å². The Morgan fingerprint density at radius 1 is 1.33 bits per heavy atom. The van der Waals surface area contributed by atoms with Crippen molar-refractivity contribution in [1.29, 1.82) is 5.26 Å². The second-order valence-electron chi connectivity index (χ2n) is 3.27. The lowest BCUT2D eigenvalue weighted by Gasteiger charge is -1.95. The third-order valence-corrected chi connectivity index (χ3v) is 2.88. The summed E-state index contributed by atoms with van der Waals surface area (Å²) >= 11 is 1.70. The van der Waals surface area contributed by atoms with E-state index in [-0.39, 0.29) is 0 Å². The maximum absolute atomic E-state index is 8.63. The Balaban J connectivity index is 2.38. The topological polar surface area (TPSA) is 23.8 Å². The van der Waals surface area contributed by atoms with E-state index in [1.54, 1.807) is 11.8 Å². The van der Waals surface area contributed by atoms with Crippen molar-refractivity contribution in [3.63, 3.8) is 0 Å². The SMILES string of the molecule is CCCC/C=C/Sc1ccc(C#N)cc1. The van der Waals surface area contributed by atoms with Crippen LogP contribution in [-0.2, 0) is 0 Å². The van der Waals surface area contributed by atoms with E-state index in [1.165, 1.54) is 17.7 Å². The molecule has 0 atom stereocenters. The number of nitrogens with zero attached hydrogens (tertiary/aromatic N) is 1.